The molecule has 0 bridgehead atoms. The molecule has 0 radical (unpaired) electrons. The third-order valence-corrected chi connectivity index (χ3v) is 1.82. The molecule has 1 aromatic rings. The average Bonchev–Trinajstić information content (AvgIpc) is 2.16. The summed E-state index contributed by atoms with van der Waals surface area (Å²) in [5.41, 5.74) is -1.27. The first-order valence-corrected chi connectivity index (χ1v) is 4.40. The van der Waals surface area contributed by atoms with Gasteiger partial charge in [0.05, 0.1) is 0 Å². The van der Waals surface area contributed by atoms with Crippen LogP contribution in [0.1, 0.15) is 11.3 Å². The highest BCUT2D eigenvalue weighted by Gasteiger charge is 2.36. The number of halogens is 3. The van der Waals surface area contributed by atoms with E-state index in [4.69, 9.17) is 0 Å². The van der Waals surface area contributed by atoms with E-state index < -0.39 is 11.9 Å². The number of aldehydes is 1. The van der Waals surface area contributed by atoms with Gasteiger partial charge in [-0.25, -0.2) is 9.97 Å². The summed E-state index contributed by atoms with van der Waals surface area (Å²) in [5.74, 6) is -0.0398. The van der Waals surface area contributed by atoms with Crippen molar-refractivity contribution >= 4 is 12.2 Å². The highest BCUT2D eigenvalue weighted by atomic mass is 19.4. The first-order chi connectivity index (χ1) is 7.36. The second kappa shape index (κ2) is 4.46. The van der Waals surface area contributed by atoms with Gasteiger partial charge >= 0.3 is 6.18 Å². The molecule has 1 aromatic heterocycles. The zero-order chi connectivity index (χ0) is 12.3. The van der Waals surface area contributed by atoms with E-state index in [2.05, 4.69) is 9.97 Å². The number of rotatable bonds is 3. The SMILES string of the molecule is CN(C)c1ncc(CC=O)c(C(F)(F)F)n1. The molecule has 0 atom stereocenters. The summed E-state index contributed by atoms with van der Waals surface area (Å²) in [6, 6.07) is 0. The lowest BCUT2D eigenvalue weighted by molar-refractivity contribution is -0.141. The molecule has 0 unspecified atom stereocenters. The van der Waals surface area contributed by atoms with Gasteiger partial charge < -0.3 is 9.69 Å². The highest BCUT2D eigenvalue weighted by molar-refractivity contribution is 5.55. The molecular weight excluding hydrogens is 223 g/mol. The maximum Gasteiger partial charge on any atom is 0.433 e. The molecule has 0 aliphatic heterocycles. The fourth-order valence-electron chi connectivity index (χ4n) is 1.10. The topological polar surface area (TPSA) is 46.1 Å². The molecule has 0 saturated heterocycles. The Hall–Kier alpha value is -1.66. The predicted molar refractivity (Wildman–Crippen MR) is 51.1 cm³/mol. The van der Waals surface area contributed by atoms with Gasteiger partial charge in [-0.15, -0.1) is 0 Å². The third kappa shape index (κ3) is 2.68. The zero-order valence-corrected chi connectivity index (χ0v) is 8.75. The second-order valence-electron chi connectivity index (χ2n) is 3.31. The van der Waals surface area contributed by atoms with Crippen LogP contribution in [0.15, 0.2) is 6.20 Å². The monoisotopic (exact) mass is 233 g/mol. The lowest BCUT2D eigenvalue weighted by atomic mass is 10.2. The number of nitrogens with zero attached hydrogens (tertiary/aromatic N) is 3. The Bertz CT molecular complexity index is 390. The Labute approximate surface area is 90.1 Å². The van der Waals surface area contributed by atoms with Gasteiger partial charge in [0.15, 0.2) is 5.69 Å². The maximum absolute atomic E-state index is 12.6. The van der Waals surface area contributed by atoms with Gasteiger partial charge in [-0.1, -0.05) is 0 Å². The van der Waals surface area contributed by atoms with Crippen LogP contribution >= 0.6 is 0 Å². The molecule has 88 valence electrons. The average molecular weight is 233 g/mol. The molecule has 1 rings (SSSR count). The van der Waals surface area contributed by atoms with Gasteiger partial charge in [0, 0.05) is 32.3 Å². The molecule has 16 heavy (non-hydrogen) atoms. The number of aromatic nitrogens is 2. The smallest absolute Gasteiger partial charge is 0.347 e. The zero-order valence-electron chi connectivity index (χ0n) is 8.75. The molecule has 0 aromatic carbocycles. The van der Waals surface area contributed by atoms with Gasteiger partial charge in [-0.3, -0.25) is 0 Å². The summed E-state index contributed by atoms with van der Waals surface area (Å²) in [5, 5.41) is 0. The third-order valence-electron chi connectivity index (χ3n) is 1.82. The van der Waals surface area contributed by atoms with Crippen LogP contribution < -0.4 is 4.90 Å². The molecule has 4 nitrogen and oxygen atoms in total. The van der Waals surface area contributed by atoms with E-state index in [1.165, 1.54) is 19.0 Å². The molecule has 0 aliphatic carbocycles. The first kappa shape index (κ1) is 12.4. The quantitative estimate of drug-likeness (QED) is 0.738. The molecule has 7 heteroatoms. The Morgan fingerprint density at radius 2 is 2.06 bits per heavy atom. The Morgan fingerprint density at radius 3 is 2.50 bits per heavy atom. The van der Waals surface area contributed by atoms with Crippen molar-refractivity contribution in [2.45, 2.75) is 12.6 Å². The van der Waals surface area contributed by atoms with Crippen molar-refractivity contribution in [3.8, 4) is 0 Å². The number of carbonyl (C=O) groups is 1. The lowest BCUT2D eigenvalue weighted by Crippen LogP contribution is -2.19. The number of hydrogen-bond acceptors (Lipinski definition) is 4. The molecule has 0 aliphatic rings. The highest BCUT2D eigenvalue weighted by Crippen LogP contribution is 2.31. The van der Waals surface area contributed by atoms with Gasteiger partial charge in [0.1, 0.15) is 6.29 Å². The van der Waals surface area contributed by atoms with Crippen LogP contribution in [-0.2, 0) is 17.4 Å². The molecule has 0 N–H and O–H groups in total. The van der Waals surface area contributed by atoms with Crippen molar-refractivity contribution in [2.24, 2.45) is 0 Å². The summed E-state index contributed by atoms with van der Waals surface area (Å²) in [6.07, 6.45) is -3.50. The Kier molecular flexibility index (Phi) is 3.46. The van der Waals surface area contributed by atoms with E-state index in [9.17, 15) is 18.0 Å². The molecule has 0 amide bonds. The molecule has 1 heterocycles. The number of anilines is 1. The van der Waals surface area contributed by atoms with Crippen LogP contribution in [0, 0.1) is 0 Å². The Morgan fingerprint density at radius 1 is 1.44 bits per heavy atom. The molecule has 0 saturated carbocycles. The van der Waals surface area contributed by atoms with Gasteiger partial charge in [-0.05, 0) is 0 Å². The van der Waals surface area contributed by atoms with Crippen molar-refractivity contribution in [3.05, 3.63) is 17.5 Å². The summed E-state index contributed by atoms with van der Waals surface area (Å²) in [4.78, 5) is 18.7. The van der Waals surface area contributed by atoms with Gasteiger partial charge in [0.2, 0.25) is 5.95 Å². The standard InChI is InChI=1S/C9H10F3N3O/c1-15(2)8-13-5-6(3-4-16)7(14-8)9(10,11)12/h4-5H,3H2,1-2H3. The summed E-state index contributed by atoms with van der Waals surface area (Å²) in [6.45, 7) is 0. The van der Waals surface area contributed by atoms with Crippen LogP contribution in [0.25, 0.3) is 0 Å². The van der Waals surface area contributed by atoms with Crippen molar-refractivity contribution in [1.29, 1.82) is 0 Å². The molecule has 0 fully saturated rings. The van der Waals surface area contributed by atoms with Gasteiger partial charge in [-0.2, -0.15) is 13.2 Å². The molecular formula is C9H10F3N3O. The van der Waals surface area contributed by atoms with E-state index in [0.29, 0.717) is 6.29 Å². The van der Waals surface area contributed by atoms with Gasteiger partial charge in [0.25, 0.3) is 0 Å². The summed E-state index contributed by atoms with van der Waals surface area (Å²) < 4.78 is 37.8. The van der Waals surface area contributed by atoms with E-state index in [1.54, 1.807) is 0 Å². The molecule has 0 spiro atoms. The minimum atomic E-state index is -4.58. The predicted octanol–water partition coefficient (Wildman–Crippen LogP) is 1.30. The van der Waals surface area contributed by atoms with Crippen molar-refractivity contribution in [1.82, 2.24) is 9.97 Å². The number of carbonyl (C=O) groups excluding carboxylic acids is 1. The van der Waals surface area contributed by atoms with Crippen molar-refractivity contribution < 1.29 is 18.0 Å². The maximum atomic E-state index is 12.6. The van der Waals surface area contributed by atoms with Crippen LogP contribution in [0.4, 0.5) is 19.1 Å². The minimum Gasteiger partial charge on any atom is -0.347 e. The van der Waals surface area contributed by atoms with Crippen LogP contribution in [0.5, 0.6) is 0 Å². The van der Waals surface area contributed by atoms with E-state index >= 15 is 0 Å². The summed E-state index contributed by atoms with van der Waals surface area (Å²) in [7, 11) is 3.07. The second-order valence-corrected chi connectivity index (χ2v) is 3.31. The number of hydrogen-bond donors (Lipinski definition) is 0. The van der Waals surface area contributed by atoms with E-state index in [-0.39, 0.29) is 17.9 Å². The lowest BCUT2D eigenvalue weighted by Gasteiger charge is -2.14. The summed E-state index contributed by atoms with van der Waals surface area (Å²) >= 11 is 0. The van der Waals surface area contributed by atoms with Crippen LogP contribution in [0.3, 0.4) is 0 Å². The van der Waals surface area contributed by atoms with Crippen molar-refractivity contribution in [2.75, 3.05) is 19.0 Å². The normalized spacial score (nSPS) is 11.3. The van der Waals surface area contributed by atoms with Crippen molar-refractivity contribution in [3.63, 3.8) is 0 Å². The minimum absolute atomic E-state index is 0.0398. The van der Waals surface area contributed by atoms with Crippen LogP contribution in [-0.4, -0.2) is 30.3 Å². The van der Waals surface area contributed by atoms with E-state index in [0.717, 1.165) is 6.20 Å². The largest absolute Gasteiger partial charge is 0.433 e. The Balaban J connectivity index is 3.26. The first-order valence-electron chi connectivity index (χ1n) is 4.40. The number of alkyl halides is 3. The fourth-order valence-corrected chi connectivity index (χ4v) is 1.10. The van der Waals surface area contributed by atoms with E-state index in [1.807, 2.05) is 0 Å². The van der Waals surface area contributed by atoms with Crippen LogP contribution in [0.2, 0.25) is 0 Å². The fraction of sp³-hybridized carbons (Fsp3) is 0.444.